The van der Waals surface area contributed by atoms with Crippen LogP contribution in [0.15, 0.2) is 76.0 Å². The number of carbonyl (C=O) groups excluding carboxylic acids is 1. The highest BCUT2D eigenvalue weighted by Crippen LogP contribution is 2.17. The second-order valence-electron chi connectivity index (χ2n) is 6.82. The van der Waals surface area contributed by atoms with Crippen molar-refractivity contribution in [1.29, 1.82) is 0 Å². The quantitative estimate of drug-likeness (QED) is 0.496. The van der Waals surface area contributed by atoms with Gasteiger partial charge in [-0.1, -0.05) is 18.2 Å². The third-order valence-electron chi connectivity index (χ3n) is 4.21. The van der Waals surface area contributed by atoms with Gasteiger partial charge in [0.25, 0.3) is 5.91 Å². The molecule has 1 unspecified atom stereocenters. The summed E-state index contributed by atoms with van der Waals surface area (Å²) in [5.74, 6) is 0.879. The first-order valence-electron chi connectivity index (χ1n) is 9.56. The van der Waals surface area contributed by atoms with Crippen LogP contribution in [-0.4, -0.2) is 34.1 Å². The lowest BCUT2D eigenvalue weighted by Crippen LogP contribution is -2.35. The number of sulfonamides is 1. The third-order valence-corrected chi connectivity index (χ3v) is 5.81. The van der Waals surface area contributed by atoms with E-state index in [9.17, 15) is 13.2 Å². The van der Waals surface area contributed by atoms with Crippen molar-refractivity contribution in [3.63, 3.8) is 0 Å². The van der Waals surface area contributed by atoms with Gasteiger partial charge in [-0.3, -0.25) is 4.79 Å². The van der Waals surface area contributed by atoms with E-state index in [2.05, 4.69) is 10.0 Å². The molecule has 0 bridgehead atoms. The van der Waals surface area contributed by atoms with Crippen molar-refractivity contribution >= 4 is 21.6 Å². The lowest BCUT2D eigenvalue weighted by molar-refractivity contribution is 0.0992. The number of benzene rings is 2. The van der Waals surface area contributed by atoms with E-state index in [4.69, 9.17) is 13.9 Å². The first kappa shape index (κ1) is 22.5. The number of amides is 1. The lowest BCUT2D eigenvalue weighted by atomic mass is 10.3. The maximum Gasteiger partial charge on any atom is 0.291 e. The summed E-state index contributed by atoms with van der Waals surface area (Å²) in [4.78, 5) is 12.5. The van der Waals surface area contributed by atoms with Crippen molar-refractivity contribution in [2.24, 2.45) is 0 Å². The fraction of sp³-hybridized carbons (Fsp3) is 0.227. The molecule has 1 heterocycles. The van der Waals surface area contributed by atoms with Gasteiger partial charge < -0.3 is 19.2 Å². The van der Waals surface area contributed by atoms with Crippen LogP contribution in [0.3, 0.4) is 0 Å². The molecular formula is C22H24N2O6S. The molecule has 0 saturated carbocycles. The predicted octanol–water partition coefficient (Wildman–Crippen LogP) is 3.42. The van der Waals surface area contributed by atoms with Gasteiger partial charge in [-0.15, -0.1) is 0 Å². The molecule has 0 aliphatic carbocycles. The summed E-state index contributed by atoms with van der Waals surface area (Å²) in [5, 5.41) is 2.68. The number of para-hydroxylation sites is 1. The molecule has 2 N–H and O–H groups in total. The van der Waals surface area contributed by atoms with Gasteiger partial charge in [-0.2, -0.15) is 0 Å². The van der Waals surface area contributed by atoms with E-state index >= 15 is 0 Å². The zero-order valence-corrected chi connectivity index (χ0v) is 18.0. The Morgan fingerprint density at radius 1 is 1.03 bits per heavy atom. The molecule has 0 aliphatic rings. The summed E-state index contributed by atoms with van der Waals surface area (Å²) in [7, 11) is -2.18. The van der Waals surface area contributed by atoms with Gasteiger partial charge in [0.1, 0.15) is 18.1 Å². The molecule has 3 aromatic rings. The van der Waals surface area contributed by atoms with Crippen LogP contribution in [0.2, 0.25) is 0 Å². The fourth-order valence-corrected chi connectivity index (χ4v) is 4.00. The molecule has 0 fully saturated rings. The number of hydrogen-bond donors (Lipinski definition) is 2. The monoisotopic (exact) mass is 444 g/mol. The molecule has 31 heavy (non-hydrogen) atoms. The molecule has 0 radical (unpaired) electrons. The minimum Gasteiger partial charge on any atom is -0.486 e. The summed E-state index contributed by atoms with van der Waals surface area (Å²) in [6.45, 7) is 2.16. The summed E-state index contributed by atoms with van der Waals surface area (Å²) in [6.07, 6.45) is 0. The zero-order chi connectivity index (χ0) is 22.3. The highest BCUT2D eigenvalue weighted by molar-refractivity contribution is 7.89. The Morgan fingerprint density at radius 3 is 2.42 bits per heavy atom. The molecule has 164 valence electrons. The van der Waals surface area contributed by atoms with Gasteiger partial charge in [-0.05, 0) is 55.5 Å². The molecule has 1 aromatic heterocycles. The number of methoxy groups -OCH3 is 1. The normalized spacial score (nSPS) is 12.3. The Kier molecular flexibility index (Phi) is 7.45. The van der Waals surface area contributed by atoms with Crippen LogP contribution in [0.4, 0.5) is 5.69 Å². The number of ether oxygens (including phenoxy) is 2. The average molecular weight is 445 g/mol. The molecule has 2 aromatic carbocycles. The first-order valence-corrected chi connectivity index (χ1v) is 11.0. The van der Waals surface area contributed by atoms with E-state index in [0.29, 0.717) is 17.2 Å². The summed E-state index contributed by atoms with van der Waals surface area (Å²) in [5.41, 5.74) is 0.437. The molecule has 3 rings (SSSR count). The van der Waals surface area contributed by atoms with Gasteiger partial charge in [0.05, 0.1) is 11.5 Å². The number of nitrogens with one attached hydrogen (secondary N) is 2. The molecule has 8 nitrogen and oxygen atoms in total. The van der Waals surface area contributed by atoms with Gasteiger partial charge in [0.2, 0.25) is 10.0 Å². The van der Waals surface area contributed by atoms with E-state index < -0.39 is 15.9 Å². The van der Waals surface area contributed by atoms with Crippen LogP contribution in [0.5, 0.6) is 5.75 Å². The van der Waals surface area contributed by atoms with E-state index in [1.165, 1.54) is 31.4 Å². The number of hydrogen-bond acceptors (Lipinski definition) is 6. The summed E-state index contributed by atoms with van der Waals surface area (Å²) < 4.78 is 43.3. The van der Waals surface area contributed by atoms with Crippen molar-refractivity contribution in [3.8, 4) is 5.75 Å². The number of carbonyl (C=O) groups is 1. The van der Waals surface area contributed by atoms with Crippen molar-refractivity contribution in [3.05, 3.63) is 78.3 Å². The van der Waals surface area contributed by atoms with E-state index in [1.54, 1.807) is 19.1 Å². The van der Waals surface area contributed by atoms with Gasteiger partial charge >= 0.3 is 0 Å². The second-order valence-corrected chi connectivity index (χ2v) is 8.54. The van der Waals surface area contributed by atoms with Crippen LogP contribution in [0.1, 0.15) is 23.2 Å². The van der Waals surface area contributed by atoms with E-state index in [1.807, 2.05) is 30.3 Å². The van der Waals surface area contributed by atoms with Crippen molar-refractivity contribution in [2.75, 3.05) is 19.0 Å². The van der Waals surface area contributed by atoms with E-state index in [0.717, 1.165) is 0 Å². The molecule has 1 amide bonds. The van der Waals surface area contributed by atoms with Crippen molar-refractivity contribution in [1.82, 2.24) is 4.72 Å². The maximum absolute atomic E-state index is 12.4. The standard InChI is InChI=1S/C22H24N2O6S/c1-16(14-28-2)24-31(26,27)20-11-8-17(9-12-20)23-22(25)21-13-10-19(30-21)15-29-18-6-4-3-5-7-18/h3-13,16,24H,14-15H2,1-2H3,(H,23,25). The Bertz CT molecular complexity index is 1090. The third kappa shape index (κ3) is 6.42. The van der Waals surface area contributed by atoms with Gasteiger partial charge in [0.15, 0.2) is 5.76 Å². The van der Waals surface area contributed by atoms with Crippen LogP contribution in [0.25, 0.3) is 0 Å². The first-order chi connectivity index (χ1) is 14.9. The van der Waals surface area contributed by atoms with Crippen LogP contribution >= 0.6 is 0 Å². The predicted molar refractivity (Wildman–Crippen MR) is 116 cm³/mol. The van der Waals surface area contributed by atoms with E-state index in [-0.39, 0.29) is 29.9 Å². The largest absolute Gasteiger partial charge is 0.486 e. The molecular weight excluding hydrogens is 420 g/mol. The summed E-state index contributed by atoms with van der Waals surface area (Å²) >= 11 is 0. The molecule has 0 spiro atoms. The van der Waals surface area contributed by atoms with Crippen LogP contribution in [-0.2, 0) is 21.4 Å². The van der Waals surface area contributed by atoms with Gasteiger partial charge in [0, 0.05) is 18.8 Å². The Hall–Kier alpha value is -3.14. The highest BCUT2D eigenvalue weighted by atomic mass is 32.2. The second kappa shape index (κ2) is 10.3. The van der Waals surface area contributed by atoms with Crippen molar-refractivity contribution < 1.29 is 27.1 Å². The molecule has 0 saturated heterocycles. The summed E-state index contributed by atoms with van der Waals surface area (Å²) in [6, 6.07) is 18.0. The SMILES string of the molecule is COCC(C)NS(=O)(=O)c1ccc(NC(=O)c2ccc(COc3ccccc3)o2)cc1. The zero-order valence-electron chi connectivity index (χ0n) is 17.2. The molecule has 1 atom stereocenters. The Labute approximate surface area is 181 Å². The molecule has 9 heteroatoms. The Morgan fingerprint density at radius 2 is 1.74 bits per heavy atom. The number of furan rings is 1. The minimum absolute atomic E-state index is 0.0896. The molecule has 0 aliphatic heterocycles. The fourth-order valence-electron chi connectivity index (χ4n) is 2.78. The number of anilines is 1. The van der Waals surface area contributed by atoms with Crippen LogP contribution < -0.4 is 14.8 Å². The lowest BCUT2D eigenvalue weighted by Gasteiger charge is -2.13. The number of rotatable bonds is 10. The Balaban J connectivity index is 1.58. The smallest absolute Gasteiger partial charge is 0.291 e. The topological polar surface area (TPSA) is 107 Å². The minimum atomic E-state index is -3.68. The van der Waals surface area contributed by atoms with Crippen molar-refractivity contribution in [2.45, 2.75) is 24.5 Å². The van der Waals surface area contributed by atoms with Gasteiger partial charge in [-0.25, -0.2) is 13.1 Å². The maximum atomic E-state index is 12.4. The van der Waals surface area contributed by atoms with Crippen LogP contribution in [0, 0.1) is 0 Å². The average Bonchev–Trinajstić information content (AvgIpc) is 3.22. The highest BCUT2D eigenvalue weighted by Gasteiger charge is 2.18.